The molecule has 1 N–H and O–H groups in total. The van der Waals surface area contributed by atoms with Gasteiger partial charge in [0.15, 0.2) is 9.84 Å². The van der Waals surface area contributed by atoms with E-state index in [4.69, 9.17) is 11.6 Å². The summed E-state index contributed by atoms with van der Waals surface area (Å²) < 4.78 is 21.4. The smallest absolute Gasteiger partial charge is 0.221 e. The summed E-state index contributed by atoms with van der Waals surface area (Å²) in [4.78, 5) is 0. The summed E-state index contributed by atoms with van der Waals surface area (Å²) in [6.07, 6.45) is 0.801. The van der Waals surface area contributed by atoms with E-state index >= 15 is 0 Å². The first kappa shape index (κ1) is 12.0. The lowest BCUT2D eigenvalue weighted by Gasteiger charge is -2.25. The average Bonchev–Trinajstić information content (AvgIpc) is 2.85. The minimum Gasteiger partial charge on any atom is -0.389 e. The Bertz CT molecular complexity index is 284. The van der Waals surface area contributed by atoms with Gasteiger partial charge in [-0.05, 0) is 41.4 Å². The summed E-state index contributed by atoms with van der Waals surface area (Å²) in [5.74, 6) is 0.0270. The van der Waals surface area contributed by atoms with Crippen molar-refractivity contribution in [2.24, 2.45) is 5.92 Å². The number of hydrogen-bond donors (Lipinski definition) is 1. The highest BCUT2D eigenvalue weighted by atomic mass is 127. The van der Waals surface area contributed by atoms with E-state index < -0.39 is 18.2 Å². The van der Waals surface area contributed by atoms with Gasteiger partial charge in [-0.1, -0.05) is 18.5 Å². The van der Waals surface area contributed by atoms with Gasteiger partial charge < -0.3 is 5.11 Å². The summed E-state index contributed by atoms with van der Waals surface area (Å²) in [6.45, 7) is 1.53. The minimum absolute atomic E-state index is 0.0385. The molecule has 0 aliphatic heterocycles. The average molecular weight is 339 g/mol. The SMILES string of the molecule is CCS(=O)(=O)[C@@](Cl)(I)[C@@H](O)C1CC1. The largest absolute Gasteiger partial charge is 0.389 e. The van der Waals surface area contributed by atoms with Gasteiger partial charge in [0.05, 0.1) is 11.9 Å². The zero-order valence-electron chi connectivity index (χ0n) is 7.20. The van der Waals surface area contributed by atoms with Gasteiger partial charge in [-0.2, -0.15) is 0 Å². The van der Waals surface area contributed by atoms with Crippen molar-refractivity contribution in [2.75, 3.05) is 5.75 Å². The molecule has 0 unspecified atom stereocenters. The fraction of sp³-hybridized carbons (Fsp3) is 1.00. The second kappa shape index (κ2) is 3.83. The number of aliphatic hydroxyl groups excluding tert-OH is 1. The Balaban J connectivity index is 2.85. The monoisotopic (exact) mass is 338 g/mol. The molecule has 0 aromatic rings. The van der Waals surface area contributed by atoms with Crippen LogP contribution in [0.4, 0.5) is 0 Å². The summed E-state index contributed by atoms with van der Waals surface area (Å²) in [6, 6.07) is 0. The first-order valence-electron chi connectivity index (χ1n) is 4.11. The third-order valence-corrected chi connectivity index (χ3v) is 7.62. The van der Waals surface area contributed by atoms with Crippen LogP contribution in [0.2, 0.25) is 0 Å². The Labute approximate surface area is 96.9 Å². The second-order valence-corrected chi connectivity index (χ2v) is 9.59. The van der Waals surface area contributed by atoms with Gasteiger partial charge in [-0.25, -0.2) is 8.42 Å². The van der Waals surface area contributed by atoms with Crippen molar-refractivity contribution in [2.45, 2.75) is 28.1 Å². The molecule has 1 aliphatic carbocycles. The lowest BCUT2D eigenvalue weighted by atomic mass is 10.3. The number of alkyl halides is 2. The van der Waals surface area contributed by atoms with Crippen LogP contribution >= 0.6 is 34.2 Å². The molecule has 13 heavy (non-hydrogen) atoms. The molecule has 1 aliphatic rings. The molecule has 1 saturated carbocycles. The predicted octanol–water partition coefficient (Wildman–Crippen LogP) is 1.52. The van der Waals surface area contributed by atoms with Gasteiger partial charge in [-0.3, -0.25) is 0 Å². The molecule has 0 amide bonds. The molecule has 3 nitrogen and oxygen atoms in total. The second-order valence-electron chi connectivity index (χ2n) is 3.25. The van der Waals surface area contributed by atoms with Gasteiger partial charge in [0.1, 0.15) is 0 Å². The summed E-state index contributed by atoms with van der Waals surface area (Å²) >= 11 is 7.49. The molecule has 6 heteroatoms. The van der Waals surface area contributed by atoms with Gasteiger partial charge in [0.2, 0.25) is 2.21 Å². The van der Waals surface area contributed by atoms with Crippen molar-refractivity contribution < 1.29 is 13.5 Å². The van der Waals surface area contributed by atoms with E-state index in [0.717, 1.165) is 12.8 Å². The highest BCUT2D eigenvalue weighted by Gasteiger charge is 2.50. The summed E-state index contributed by atoms with van der Waals surface area (Å²) in [5.41, 5.74) is 0. The molecule has 1 rings (SSSR count). The topological polar surface area (TPSA) is 54.4 Å². The third kappa shape index (κ3) is 2.30. The number of aliphatic hydroxyl groups is 1. The Kier molecular flexibility index (Phi) is 3.53. The summed E-state index contributed by atoms with van der Waals surface area (Å²) in [5, 5.41) is 9.66. The molecule has 0 aromatic carbocycles. The van der Waals surface area contributed by atoms with Crippen molar-refractivity contribution in [3.8, 4) is 0 Å². The zero-order chi connectivity index (χ0) is 10.3. The summed E-state index contributed by atoms with van der Waals surface area (Å²) in [7, 11) is -3.40. The van der Waals surface area contributed by atoms with Crippen LogP contribution in [0, 0.1) is 5.92 Å². The van der Waals surface area contributed by atoms with Crippen molar-refractivity contribution in [1.29, 1.82) is 0 Å². The Morgan fingerprint density at radius 1 is 1.69 bits per heavy atom. The van der Waals surface area contributed by atoms with Crippen molar-refractivity contribution in [1.82, 2.24) is 0 Å². The Morgan fingerprint density at radius 3 is 2.46 bits per heavy atom. The van der Waals surface area contributed by atoms with Gasteiger partial charge in [-0.15, -0.1) is 0 Å². The molecule has 0 aromatic heterocycles. The van der Waals surface area contributed by atoms with Crippen LogP contribution in [-0.4, -0.2) is 27.6 Å². The standard InChI is InChI=1S/C7H12ClIO3S/c1-2-13(11,12)7(8,9)6(10)5-3-4-5/h5-6,10H,2-4H2,1H3/t6-,7-/m0/s1. The fourth-order valence-corrected chi connectivity index (χ4v) is 3.96. The van der Waals surface area contributed by atoms with Crippen LogP contribution in [0.25, 0.3) is 0 Å². The highest BCUT2D eigenvalue weighted by molar-refractivity contribution is 14.1. The van der Waals surface area contributed by atoms with Crippen LogP contribution in [-0.2, 0) is 9.84 Å². The maximum atomic E-state index is 11.5. The molecule has 0 saturated heterocycles. The van der Waals surface area contributed by atoms with Gasteiger partial charge in [0, 0.05) is 0 Å². The quantitative estimate of drug-likeness (QED) is 0.624. The van der Waals surface area contributed by atoms with Crippen LogP contribution in [0.1, 0.15) is 19.8 Å². The maximum Gasteiger partial charge on any atom is 0.221 e. The highest BCUT2D eigenvalue weighted by Crippen LogP contribution is 2.46. The van der Waals surface area contributed by atoms with Gasteiger partial charge in [0.25, 0.3) is 0 Å². The maximum absolute atomic E-state index is 11.5. The van der Waals surface area contributed by atoms with E-state index in [1.54, 1.807) is 22.6 Å². The fourth-order valence-electron chi connectivity index (χ4n) is 1.06. The van der Waals surface area contributed by atoms with Crippen LogP contribution < -0.4 is 0 Å². The molecule has 0 radical (unpaired) electrons. The van der Waals surface area contributed by atoms with Crippen LogP contribution in [0.5, 0.6) is 0 Å². The molecule has 0 bridgehead atoms. The Hall–Kier alpha value is 0.930. The van der Waals surface area contributed by atoms with E-state index in [0.29, 0.717) is 0 Å². The van der Waals surface area contributed by atoms with Crippen LogP contribution in [0.3, 0.4) is 0 Å². The van der Waals surface area contributed by atoms with E-state index in [-0.39, 0.29) is 11.7 Å². The molecular weight excluding hydrogens is 326 g/mol. The van der Waals surface area contributed by atoms with Crippen molar-refractivity contribution in [3.63, 3.8) is 0 Å². The van der Waals surface area contributed by atoms with Crippen molar-refractivity contribution in [3.05, 3.63) is 0 Å². The van der Waals surface area contributed by atoms with E-state index in [1.807, 2.05) is 0 Å². The first-order chi connectivity index (χ1) is 5.83. The third-order valence-electron chi connectivity index (χ3n) is 2.21. The van der Waals surface area contributed by atoms with E-state index in [9.17, 15) is 13.5 Å². The van der Waals surface area contributed by atoms with Crippen LogP contribution in [0.15, 0.2) is 0 Å². The van der Waals surface area contributed by atoms with E-state index in [2.05, 4.69) is 0 Å². The molecule has 0 heterocycles. The van der Waals surface area contributed by atoms with Crippen molar-refractivity contribution >= 4 is 44.0 Å². The lowest BCUT2D eigenvalue weighted by Crippen LogP contribution is -2.40. The molecule has 2 atom stereocenters. The minimum atomic E-state index is -3.40. The Morgan fingerprint density at radius 2 is 2.15 bits per heavy atom. The molecule has 1 fully saturated rings. The predicted molar refractivity (Wildman–Crippen MR) is 60.8 cm³/mol. The lowest BCUT2D eigenvalue weighted by molar-refractivity contribution is 0.160. The number of hydrogen-bond acceptors (Lipinski definition) is 3. The van der Waals surface area contributed by atoms with E-state index in [1.165, 1.54) is 6.92 Å². The molecule has 0 spiro atoms. The number of sulfone groups is 1. The number of halogens is 2. The molecular formula is C7H12ClIO3S. The molecule has 78 valence electrons. The van der Waals surface area contributed by atoms with Gasteiger partial charge >= 0.3 is 0 Å². The normalized spacial score (nSPS) is 25.2. The zero-order valence-corrected chi connectivity index (χ0v) is 10.9. The number of rotatable bonds is 4. The first-order valence-corrected chi connectivity index (χ1v) is 7.22.